The standard InChI is InChI=1S/C16H19Cl2NO2/c1-2-9-21-11-12-5-7-19(8-6-12)16(20)14-4-3-13(17)10-15(14)18/h2-4,10,12H,1,5-9,11H2. The second-order valence-electron chi connectivity index (χ2n) is 5.19. The maximum atomic E-state index is 12.5. The van der Waals surface area contributed by atoms with Gasteiger partial charge in [0.15, 0.2) is 0 Å². The number of rotatable bonds is 5. The Morgan fingerprint density at radius 3 is 2.71 bits per heavy atom. The molecule has 1 saturated heterocycles. The van der Waals surface area contributed by atoms with Crippen LogP contribution in [0, 0.1) is 5.92 Å². The second-order valence-corrected chi connectivity index (χ2v) is 6.03. The van der Waals surface area contributed by atoms with Crippen LogP contribution in [0.1, 0.15) is 23.2 Å². The SMILES string of the molecule is C=CCOCC1CCN(C(=O)c2ccc(Cl)cc2Cl)CC1. The van der Waals surface area contributed by atoms with Gasteiger partial charge in [-0.25, -0.2) is 0 Å². The number of hydrogen-bond donors (Lipinski definition) is 0. The average Bonchev–Trinajstić information content (AvgIpc) is 2.48. The van der Waals surface area contributed by atoms with Gasteiger partial charge in [0.05, 0.1) is 17.2 Å². The topological polar surface area (TPSA) is 29.5 Å². The summed E-state index contributed by atoms with van der Waals surface area (Å²) < 4.78 is 5.48. The van der Waals surface area contributed by atoms with E-state index in [9.17, 15) is 4.79 Å². The Bertz CT molecular complexity index is 511. The molecule has 0 aromatic heterocycles. The highest BCUT2D eigenvalue weighted by Crippen LogP contribution is 2.25. The van der Waals surface area contributed by atoms with Gasteiger partial charge in [-0.05, 0) is 37.0 Å². The van der Waals surface area contributed by atoms with E-state index in [0.29, 0.717) is 28.1 Å². The van der Waals surface area contributed by atoms with Gasteiger partial charge in [0.2, 0.25) is 0 Å². The minimum atomic E-state index is -0.0258. The molecule has 0 radical (unpaired) electrons. The zero-order valence-electron chi connectivity index (χ0n) is 11.9. The first-order valence-electron chi connectivity index (χ1n) is 7.04. The van der Waals surface area contributed by atoms with Crippen LogP contribution >= 0.6 is 23.2 Å². The first kappa shape index (κ1) is 16.3. The molecule has 1 fully saturated rings. The van der Waals surface area contributed by atoms with Gasteiger partial charge >= 0.3 is 0 Å². The fraction of sp³-hybridized carbons (Fsp3) is 0.438. The highest BCUT2D eigenvalue weighted by Gasteiger charge is 2.24. The highest BCUT2D eigenvalue weighted by atomic mass is 35.5. The van der Waals surface area contributed by atoms with Gasteiger partial charge in [-0.2, -0.15) is 0 Å². The van der Waals surface area contributed by atoms with Crippen molar-refractivity contribution in [1.82, 2.24) is 4.90 Å². The Morgan fingerprint density at radius 1 is 1.38 bits per heavy atom. The van der Waals surface area contributed by atoms with Gasteiger partial charge in [-0.15, -0.1) is 6.58 Å². The van der Waals surface area contributed by atoms with Crippen molar-refractivity contribution < 1.29 is 9.53 Å². The molecule has 3 nitrogen and oxygen atoms in total. The van der Waals surface area contributed by atoms with Gasteiger partial charge in [0.1, 0.15) is 0 Å². The molecule has 1 aromatic rings. The molecule has 5 heteroatoms. The fourth-order valence-electron chi connectivity index (χ4n) is 2.45. The fourth-order valence-corrected chi connectivity index (χ4v) is 2.94. The number of carbonyl (C=O) groups is 1. The molecule has 0 unspecified atom stereocenters. The summed E-state index contributed by atoms with van der Waals surface area (Å²) >= 11 is 12.0. The summed E-state index contributed by atoms with van der Waals surface area (Å²) in [5.74, 6) is 0.483. The van der Waals surface area contributed by atoms with Crippen molar-refractivity contribution in [3.05, 3.63) is 46.5 Å². The molecule has 0 aliphatic carbocycles. The first-order chi connectivity index (χ1) is 10.1. The van der Waals surface area contributed by atoms with Crippen molar-refractivity contribution in [2.24, 2.45) is 5.92 Å². The predicted molar refractivity (Wildman–Crippen MR) is 86.1 cm³/mol. The number of benzene rings is 1. The summed E-state index contributed by atoms with van der Waals surface area (Å²) in [7, 11) is 0. The lowest BCUT2D eigenvalue weighted by Crippen LogP contribution is -2.39. The minimum Gasteiger partial charge on any atom is -0.377 e. The van der Waals surface area contributed by atoms with Crippen LogP contribution in [-0.2, 0) is 4.74 Å². The minimum absolute atomic E-state index is 0.0258. The maximum absolute atomic E-state index is 12.5. The van der Waals surface area contributed by atoms with Gasteiger partial charge in [0, 0.05) is 24.7 Å². The van der Waals surface area contributed by atoms with Crippen LogP contribution < -0.4 is 0 Å². The molecule has 1 aliphatic rings. The van der Waals surface area contributed by atoms with Crippen molar-refractivity contribution in [3.8, 4) is 0 Å². The molecule has 0 N–H and O–H groups in total. The summed E-state index contributed by atoms with van der Waals surface area (Å²) in [6.45, 7) is 6.41. The molecule has 2 rings (SSSR count). The molecule has 1 heterocycles. The van der Waals surface area contributed by atoms with Gasteiger partial charge in [0.25, 0.3) is 5.91 Å². The molecule has 0 atom stereocenters. The second kappa shape index (κ2) is 7.83. The Hall–Kier alpha value is -1.03. The molecular weight excluding hydrogens is 309 g/mol. The lowest BCUT2D eigenvalue weighted by atomic mass is 9.97. The zero-order valence-corrected chi connectivity index (χ0v) is 13.4. The van der Waals surface area contributed by atoms with E-state index in [1.165, 1.54) is 0 Å². The van der Waals surface area contributed by atoms with E-state index in [0.717, 1.165) is 32.5 Å². The zero-order chi connectivity index (χ0) is 15.2. The summed E-state index contributed by atoms with van der Waals surface area (Å²) in [5, 5.41) is 0.943. The summed E-state index contributed by atoms with van der Waals surface area (Å²) in [6, 6.07) is 4.98. The quantitative estimate of drug-likeness (QED) is 0.603. The third kappa shape index (κ3) is 4.47. The van der Waals surface area contributed by atoms with Crippen LogP contribution in [-0.4, -0.2) is 37.1 Å². The Kier molecular flexibility index (Phi) is 6.09. The normalized spacial score (nSPS) is 16.0. The molecule has 0 bridgehead atoms. The van der Waals surface area contributed by atoms with Crippen LogP contribution in [0.4, 0.5) is 0 Å². The Morgan fingerprint density at radius 2 is 2.10 bits per heavy atom. The van der Waals surface area contributed by atoms with Crippen molar-refractivity contribution >= 4 is 29.1 Å². The summed E-state index contributed by atoms with van der Waals surface area (Å²) in [6.07, 6.45) is 3.66. The number of halogens is 2. The molecular formula is C16H19Cl2NO2. The number of ether oxygens (including phenoxy) is 1. The van der Waals surface area contributed by atoms with Crippen LogP contribution in [0.15, 0.2) is 30.9 Å². The first-order valence-corrected chi connectivity index (χ1v) is 7.80. The van der Waals surface area contributed by atoms with Crippen LogP contribution in [0.25, 0.3) is 0 Å². The van der Waals surface area contributed by atoms with E-state index in [4.69, 9.17) is 27.9 Å². The number of piperidine rings is 1. The molecule has 114 valence electrons. The molecule has 0 saturated carbocycles. The van der Waals surface area contributed by atoms with E-state index >= 15 is 0 Å². The van der Waals surface area contributed by atoms with Crippen molar-refractivity contribution in [2.45, 2.75) is 12.8 Å². The number of likely N-dealkylation sites (tertiary alicyclic amines) is 1. The van der Waals surface area contributed by atoms with E-state index < -0.39 is 0 Å². The largest absolute Gasteiger partial charge is 0.377 e. The monoisotopic (exact) mass is 327 g/mol. The molecule has 0 spiro atoms. The van der Waals surface area contributed by atoms with E-state index in [1.807, 2.05) is 4.90 Å². The molecule has 1 amide bonds. The number of hydrogen-bond acceptors (Lipinski definition) is 2. The summed E-state index contributed by atoms with van der Waals surface area (Å²) in [4.78, 5) is 14.3. The van der Waals surface area contributed by atoms with Crippen LogP contribution in [0.2, 0.25) is 10.0 Å². The Labute approximate surface area is 135 Å². The van der Waals surface area contributed by atoms with E-state index in [-0.39, 0.29) is 5.91 Å². The third-order valence-electron chi connectivity index (χ3n) is 3.65. The van der Waals surface area contributed by atoms with Crippen LogP contribution in [0.3, 0.4) is 0 Å². The summed E-state index contributed by atoms with van der Waals surface area (Å²) in [5.41, 5.74) is 0.516. The number of nitrogens with zero attached hydrogens (tertiary/aromatic N) is 1. The van der Waals surface area contributed by atoms with Crippen molar-refractivity contribution in [1.29, 1.82) is 0 Å². The maximum Gasteiger partial charge on any atom is 0.255 e. The molecule has 21 heavy (non-hydrogen) atoms. The van der Waals surface area contributed by atoms with Crippen molar-refractivity contribution in [3.63, 3.8) is 0 Å². The number of amides is 1. The van der Waals surface area contributed by atoms with Crippen molar-refractivity contribution in [2.75, 3.05) is 26.3 Å². The average molecular weight is 328 g/mol. The molecule has 1 aromatic carbocycles. The van der Waals surface area contributed by atoms with Gasteiger partial charge in [-0.1, -0.05) is 29.3 Å². The van der Waals surface area contributed by atoms with E-state index in [1.54, 1.807) is 24.3 Å². The molecule has 1 aliphatic heterocycles. The third-order valence-corrected chi connectivity index (χ3v) is 4.20. The Balaban J connectivity index is 1.89. The van der Waals surface area contributed by atoms with Gasteiger partial charge in [-0.3, -0.25) is 4.79 Å². The smallest absolute Gasteiger partial charge is 0.255 e. The number of carbonyl (C=O) groups excluding carboxylic acids is 1. The van der Waals surface area contributed by atoms with Gasteiger partial charge < -0.3 is 9.64 Å². The predicted octanol–water partition coefficient (Wildman–Crippen LogP) is 4.05. The lowest BCUT2D eigenvalue weighted by Gasteiger charge is -2.32. The lowest BCUT2D eigenvalue weighted by molar-refractivity contribution is 0.0576. The van der Waals surface area contributed by atoms with Crippen LogP contribution in [0.5, 0.6) is 0 Å². The van der Waals surface area contributed by atoms with E-state index in [2.05, 4.69) is 6.58 Å². The highest BCUT2D eigenvalue weighted by molar-refractivity contribution is 6.36.